The second-order valence-corrected chi connectivity index (χ2v) is 7.57. The van der Waals surface area contributed by atoms with E-state index in [2.05, 4.69) is 0 Å². The van der Waals surface area contributed by atoms with Crippen LogP contribution in [0.15, 0.2) is 65.6 Å². The quantitative estimate of drug-likeness (QED) is 0.364. The summed E-state index contributed by atoms with van der Waals surface area (Å²) in [5.41, 5.74) is -0.563. The van der Waals surface area contributed by atoms with Crippen LogP contribution >= 0.6 is 0 Å². The van der Waals surface area contributed by atoms with Gasteiger partial charge in [-0.25, -0.2) is 12.7 Å². The molecular weight excluding hydrogens is 378 g/mol. The van der Waals surface area contributed by atoms with Crippen LogP contribution in [0, 0.1) is 17.0 Å². The van der Waals surface area contributed by atoms with Crippen LogP contribution in [0.5, 0.6) is 0 Å². The van der Waals surface area contributed by atoms with Crippen LogP contribution in [0.2, 0.25) is 0 Å². The molecule has 27 heavy (non-hydrogen) atoms. The first-order chi connectivity index (χ1) is 12.7. The maximum absolute atomic E-state index is 13.9. The van der Waals surface area contributed by atoms with Crippen molar-refractivity contribution in [2.24, 2.45) is 0 Å². The number of hydrogen-bond donors (Lipinski definition) is 0. The number of nitrogens with zero attached hydrogens (tertiary/aromatic N) is 2. The van der Waals surface area contributed by atoms with Gasteiger partial charge in [0.2, 0.25) is 0 Å². The van der Waals surface area contributed by atoms with E-state index in [1.807, 2.05) is 0 Å². The summed E-state index contributed by atoms with van der Waals surface area (Å²) in [5, 5.41) is 11.9. The molecule has 3 aromatic carbocycles. The number of non-ortho nitro benzene ring substituents is 1. The van der Waals surface area contributed by atoms with E-state index in [1.54, 1.807) is 24.3 Å². The highest BCUT2D eigenvalue weighted by molar-refractivity contribution is 7.93. The first kappa shape index (κ1) is 18.7. The van der Waals surface area contributed by atoms with E-state index in [9.17, 15) is 27.3 Å². The molecule has 3 aromatic rings. The predicted octanol–water partition coefficient (Wildman–Crippen LogP) is 4.47. The maximum atomic E-state index is 13.9. The third kappa shape index (κ3) is 3.33. The highest BCUT2D eigenvalue weighted by Gasteiger charge is 2.35. The summed E-state index contributed by atoms with van der Waals surface area (Å²) in [6, 6.07) is 14.1. The first-order valence-electron chi connectivity index (χ1n) is 7.79. The first-order valence-corrected chi connectivity index (χ1v) is 9.23. The molecule has 0 aliphatic carbocycles. The van der Waals surface area contributed by atoms with Gasteiger partial charge in [0.15, 0.2) is 0 Å². The van der Waals surface area contributed by atoms with Gasteiger partial charge < -0.3 is 0 Å². The van der Waals surface area contributed by atoms with E-state index in [0.717, 1.165) is 12.1 Å². The van der Waals surface area contributed by atoms with E-state index in [4.69, 9.17) is 0 Å². The number of hydrogen-bond acceptors (Lipinski definition) is 4. The molecule has 0 amide bonds. The van der Waals surface area contributed by atoms with Gasteiger partial charge in [0.25, 0.3) is 15.7 Å². The van der Waals surface area contributed by atoms with Crippen molar-refractivity contribution < 1.29 is 22.1 Å². The number of benzene rings is 3. The molecule has 140 valence electrons. The maximum Gasteiger partial charge on any atom is 0.328 e. The number of aryl methyl sites for hydroxylation is 1. The molecule has 0 aliphatic rings. The van der Waals surface area contributed by atoms with E-state index in [0.29, 0.717) is 10.8 Å². The summed E-state index contributed by atoms with van der Waals surface area (Å²) in [6.07, 6.45) is 0. The third-order valence-corrected chi connectivity index (χ3v) is 5.97. The second kappa shape index (κ2) is 6.92. The van der Waals surface area contributed by atoms with Gasteiger partial charge in [-0.15, -0.1) is 0 Å². The molecule has 0 bridgehead atoms. The van der Waals surface area contributed by atoms with Crippen molar-refractivity contribution in [2.75, 3.05) is 4.31 Å². The van der Waals surface area contributed by atoms with Crippen LogP contribution in [0.3, 0.4) is 0 Å². The Balaban J connectivity index is 2.26. The van der Waals surface area contributed by atoms with E-state index in [1.165, 1.54) is 31.2 Å². The number of anilines is 1. The highest BCUT2D eigenvalue weighted by atomic mass is 32.2. The number of fused-ring (bicyclic) bond motifs is 1. The number of halogens is 2. The minimum absolute atomic E-state index is 0.00138. The number of sulfonamides is 1. The summed E-state index contributed by atoms with van der Waals surface area (Å²) < 4.78 is 53.9. The van der Waals surface area contributed by atoms with Crippen molar-refractivity contribution >= 4 is 32.2 Å². The predicted molar refractivity (Wildman–Crippen MR) is 97.5 cm³/mol. The molecule has 6 nitrogen and oxygen atoms in total. The lowest BCUT2D eigenvalue weighted by Crippen LogP contribution is -2.36. The Morgan fingerprint density at radius 1 is 1.04 bits per heavy atom. The van der Waals surface area contributed by atoms with Crippen LogP contribution in [0.25, 0.3) is 10.8 Å². The lowest BCUT2D eigenvalue weighted by Gasteiger charge is -2.25. The van der Waals surface area contributed by atoms with Crippen molar-refractivity contribution in [3.63, 3.8) is 0 Å². The molecule has 0 spiro atoms. The van der Waals surface area contributed by atoms with Crippen molar-refractivity contribution in [1.29, 1.82) is 0 Å². The fraction of sp³-hybridized carbons (Fsp3) is 0.111. The van der Waals surface area contributed by atoms with E-state index in [-0.39, 0.29) is 15.6 Å². The normalized spacial score (nSPS) is 11.7. The fourth-order valence-corrected chi connectivity index (χ4v) is 4.41. The molecule has 0 fully saturated rings. The molecule has 0 saturated carbocycles. The number of alkyl halides is 2. The Morgan fingerprint density at radius 2 is 1.70 bits per heavy atom. The van der Waals surface area contributed by atoms with Gasteiger partial charge in [0, 0.05) is 17.5 Å². The summed E-state index contributed by atoms with van der Waals surface area (Å²) in [7, 11) is -4.75. The fourth-order valence-electron chi connectivity index (χ4n) is 2.83. The molecule has 0 aromatic heterocycles. The van der Waals surface area contributed by atoms with Gasteiger partial charge in [-0.05, 0) is 23.9 Å². The SMILES string of the molecule is Cc1ccc([N+](=O)[O-])cc1S(=O)(=O)N(c1cccc2ccccc12)C(F)F. The van der Waals surface area contributed by atoms with Crippen molar-refractivity contribution in [3.8, 4) is 0 Å². The standard InChI is InChI=1S/C18H14F2N2O4S/c1-12-9-10-14(22(23)24)11-17(12)27(25,26)21(18(19)20)16-8-4-6-13-5-2-3-7-15(13)16/h2-11,18H,1H3. The van der Waals surface area contributed by atoms with Crippen molar-refractivity contribution in [3.05, 3.63) is 76.3 Å². The molecular formula is C18H14F2N2O4S. The van der Waals surface area contributed by atoms with Crippen LogP contribution in [0.4, 0.5) is 20.2 Å². The second-order valence-electron chi connectivity index (χ2n) is 5.78. The van der Waals surface area contributed by atoms with Crippen LogP contribution in [-0.2, 0) is 10.0 Å². The molecule has 0 unspecified atom stereocenters. The minimum atomic E-state index is -4.75. The average molecular weight is 392 g/mol. The average Bonchev–Trinajstić information content (AvgIpc) is 2.61. The minimum Gasteiger partial charge on any atom is -0.258 e. The summed E-state index contributed by atoms with van der Waals surface area (Å²) in [6.45, 7) is -1.98. The zero-order chi connectivity index (χ0) is 19.8. The highest BCUT2D eigenvalue weighted by Crippen LogP contribution is 2.35. The Hall–Kier alpha value is -3.07. The number of nitro benzene ring substituents is 1. The Labute approximate surface area is 153 Å². The topological polar surface area (TPSA) is 80.5 Å². The van der Waals surface area contributed by atoms with Gasteiger partial charge in [0.1, 0.15) is 0 Å². The van der Waals surface area contributed by atoms with Crippen LogP contribution in [0.1, 0.15) is 5.56 Å². The molecule has 0 atom stereocenters. The van der Waals surface area contributed by atoms with Gasteiger partial charge >= 0.3 is 6.55 Å². The van der Waals surface area contributed by atoms with Gasteiger partial charge in [-0.1, -0.05) is 42.5 Å². The number of rotatable bonds is 5. The smallest absolute Gasteiger partial charge is 0.258 e. The Kier molecular flexibility index (Phi) is 4.79. The van der Waals surface area contributed by atoms with E-state index >= 15 is 0 Å². The molecule has 3 rings (SSSR count). The van der Waals surface area contributed by atoms with Crippen molar-refractivity contribution in [1.82, 2.24) is 0 Å². The molecule has 0 radical (unpaired) electrons. The summed E-state index contributed by atoms with van der Waals surface area (Å²) in [4.78, 5) is 9.68. The molecule has 0 saturated heterocycles. The zero-order valence-electron chi connectivity index (χ0n) is 14.0. The molecule has 0 heterocycles. The zero-order valence-corrected chi connectivity index (χ0v) is 14.9. The third-order valence-electron chi connectivity index (χ3n) is 4.10. The molecule has 0 N–H and O–H groups in total. The Morgan fingerprint density at radius 3 is 2.37 bits per heavy atom. The monoisotopic (exact) mass is 392 g/mol. The van der Waals surface area contributed by atoms with Gasteiger partial charge in [-0.2, -0.15) is 8.78 Å². The Bertz CT molecular complexity index is 1130. The number of nitro groups is 1. The van der Waals surface area contributed by atoms with Gasteiger partial charge in [-0.3, -0.25) is 10.1 Å². The molecule has 0 aliphatic heterocycles. The van der Waals surface area contributed by atoms with Gasteiger partial charge in [0.05, 0.1) is 15.5 Å². The molecule has 9 heteroatoms. The summed E-state index contributed by atoms with van der Waals surface area (Å²) >= 11 is 0. The lowest BCUT2D eigenvalue weighted by atomic mass is 10.1. The lowest BCUT2D eigenvalue weighted by molar-refractivity contribution is -0.385. The van der Waals surface area contributed by atoms with Crippen LogP contribution < -0.4 is 4.31 Å². The largest absolute Gasteiger partial charge is 0.328 e. The van der Waals surface area contributed by atoms with Crippen molar-refractivity contribution in [2.45, 2.75) is 18.4 Å². The summed E-state index contributed by atoms with van der Waals surface area (Å²) in [5.74, 6) is 0. The van der Waals surface area contributed by atoms with E-state index < -0.39 is 32.1 Å². The van der Waals surface area contributed by atoms with Crippen LogP contribution in [-0.4, -0.2) is 19.9 Å².